The van der Waals surface area contributed by atoms with Crippen molar-refractivity contribution in [1.29, 1.82) is 0 Å². The maximum absolute atomic E-state index is 15.0. The van der Waals surface area contributed by atoms with Gasteiger partial charge >= 0.3 is 0 Å². The molecule has 0 unspecified atom stereocenters. The molecule has 1 aromatic heterocycles. The third kappa shape index (κ3) is 5.49. The zero-order chi connectivity index (χ0) is 20.8. The number of carbonyl (C=O) groups is 1. The molecule has 4 N–H and O–H groups in total. The highest BCUT2D eigenvalue weighted by Crippen LogP contribution is 2.31. The molecule has 3 rings (SSSR count). The van der Waals surface area contributed by atoms with E-state index in [4.69, 9.17) is 11.5 Å². The lowest BCUT2D eigenvalue weighted by molar-refractivity contribution is -0.117. The van der Waals surface area contributed by atoms with Crippen LogP contribution in [-0.2, 0) is 11.2 Å². The second kappa shape index (κ2) is 9.45. The number of aliphatic imine (C=N–C) groups is 1. The van der Waals surface area contributed by atoms with Gasteiger partial charge in [0.25, 0.3) is 0 Å². The summed E-state index contributed by atoms with van der Waals surface area (Å²) < 4.78 is 28.1. The molecule has 0 radical (unpaired) electrons. The number of guanidine groups is 1. The van der Waals surface area contributed by atoms with Gasteiger partial charge in [0.05, 0.1) is 0 Å². The van der Waals surface area contributed by atoms with E-state index in [0.29, 0.717) is 43.2 Å². The van der Waals surface area contributed by atoms with Crippen LogP contribution in [0.5, 0.6) is 0 Å². The Kier molecular flexibility index (Phi) is 6.74. The van der Waals surface area contributed by atoms with Gasteiger partial charge in [-0.1, -0.05) is 12.1 Å². The monoisotopic (exact) mass is 401 g/mol. The van der Waals surface area contributed by atoms with E-state index in [2.05, 4.69) is 9.98 Å². The van der Waals surface area contributed by atoms with Crippen LogP contribution < -0.4 is 16.4 Å². The van der Waals surface area contributed by atoms with E-state index in [0.717, 1.165) is 18.4 Å². The third-order valence-corrected chi connectivity index (χ3v) is 5.18. The molecule has 1 saturated heterocycles. The van der Waals surface area contributed by atoms with Crippen molar-refractivity contribution in [3.63, 3.8) is 0 Å². The lowest BCUT2D eigenvalue weighted by atomic mass is 9.89. The van der Waals surface area contributed by atoms with E-state index < -0.39 is 5.91 Å². The number of hydrogen-bond donors (Lipinski definition) is 2. The number of piperidine rings is 1. The summed E-state index contributed by atoms with van der Waals surface area (Å²) in [6.45, 7) is 1.36. The summed E-state index contributed by atoms with van der Waals surface area (Å²) >= 11 is 0. The van der Waals surface area contributed by atoms with Gasteiger partial charge in [-0.05, 0) is 60.9 Å². The number of rotatable bonds is 6. The molecule has 0 atom stereocenters. The summed E-state index contributed by atoms with van der Waals surface area (Å²) in [4.78, 5) is 21.2. The molecular formula is C21H25F2N5O. The van der Waals surface area contributed by atoms with Crippen LogP contribution in [-0.4, -0.2) is 29.9 Å². The Bertz CT molecular complexity index is 873. The summed E-state index contributed by atoms with van der Waals surface area (Å²) in [6, 6.07) is 8.22. The van der Waals surface area contributed by atoms with Crippen molar-refractivity contribution >= 4 is 17.7 Å². The van der Waals surface area contributed by atoms with E-state index in [9.17, 15) is 13.6 Å². The highest BCUT2D eigenvalue weighted by Gasteiger charge is 2.24. The molecule has 8 heteroatoms. The van der Waals surface area contributed by atoms with Gasteiger partial charge in [0.1, 0.15) is 5.82 Å². The number of aryl methyl sites for hydroxylation is 1. The maximum Gasteiger partial charge on any atom is 0.248 e. The average Bonchev–Trinajstić information content (AvgIpc) is 2.69. The molecule has 0 bridgehead atoms. The van der Waals surface area contributed by atoms with Crippen LogP contribution in [0.4, 0.5) is 14.6 Å². The predicted molar refractivity (Wildman–Crippen MR) is 109 cm³/mol. The van der Waals surface area contributed by atoms with Crippen molar-refractivity contribution in [2.75, 3.05) is 18.0 Å². The molecule has 0 spiro atoms. The maximum atomic E-state index is 15.0. The molecule has 1 aliphatic rings. The van der Waals surface area contributed by atoms with Gasteiger partial charge in [0.15, 0.2) is 17.6 Å². The first-order valence-corrected chi connectivity index (χ1v) is 9.70. The van der Waals surface area contributed by atoms with E-state index in [1.165, 1.54) is 12.1 Å². The summed E-state index contributed by atoms with van der Waals surface area (Å²) in [5, 5.41) is 0. The van der Waals surface area contributed by atoms with Gasteiger partial charge < -0.3 is 16.4 Å². The minimum Gasteiger partial charge on any atom is -0.370 e. The van der Waals surface area contributed by atoms with Gasteiger partial charge in [-0.25, -0.2) is 13.8 Å². The van der Waals surface area contributed by atoms with Gasteiger partial charge in [0.2, 0.25) is 5.91 Å². The molecule has 6 nitrogen and oxygen atoms in total. The predicted octanol–water partition coefficient (Wildman–Crippen LogP) is 2.87. The minimum absolute atomic E-state index is 0.151. The fourth-order valence-electron chi connectivity index (χ4n) is 3.67. The molecule has 1 aromatic carbocycles. The van der Waals surface area contributed by atoms with Gasteiger partial charge in [-0.15, -0.1) is 0 Å². The molecule has 1 aliphatic heterocycles. The standard InChI is InChI=1S/C21H25F2N5O/c22-17-6-4-14(5-7-17)15-9-12-28(13-10-15)20-19(23)16(8-11-26-20)2-1-3-18(29)27-21(24)25/h4-8,11,15H,1-3,9-10,12-13H2,(H4,24,25,27,29). The third-order valence-electron chi connectivity index (χ3n) is 5.18. The zero-order valence-corrected chi connectivity index (χ0v) is 16.2. The fourth-order valence-corrected chi connectivity index (χ4v) is 3.67. The van der Waals surface area contributed by atoms with Gasteiger partial charge in [-0.3, -0.25) is 4.79 Å². The number of pyridine rings is 1. The van der Waals surface area contributed by atoms with Gasteiger partial charge in [-0.2, -0.15) is 4.99 Å². The summed E-state index contributed by atoms with van der Waals surface area (Å²) in [5.41, 5.74) is 12.0. The Hall–Kier alpha value is -3.03. The second-order valence-electron chi connectivity index (χ2n) is 7.20. The smallest absolute Gasteiger partial charge is 0.248 e. The molecule has 1 amide bonds. The van der Waals surface area contributed by atoms with Crippen molar-refractivity contribution in [1.82, 2.24) is 4.98 Å². The number of amides is 1. The summed E-state index contributed by atoms with van der Waals surface area (Å²) in [5.74, 6) is -0.592. The average molecular weight is 401 g/mol. The molecule has 0 saturated carbocycles. The first-order valence-electron chi connectivity index (χ1n) is 9.70. The molecule has 154 valence electrons. The molecule has 1 fully saturated rings. The Morgan fingerprint density at radius 2 is 1.83 bits per heavy atom. The Morgan fingerprint density at radius 3 is 2.48 bits per heavy atom. The fraction of sp³-hybridized carbons (Fsp3) is 0.381. The lowest BCUT2D eigenvalue weighted by Gasteiger charge is -2.33. The highest BCUT2D eigenvalue weighted by molar-refractivity contribution is 5.91. The Balaban J connectivity index is 1.59. The van der Waals surface area contributed by atoms with Crippen LogP contribution in [0, 0.1) is 11.6 Å². The van der Waals surface area contributed by atoms with Crippen LogP contribution >= 0.6 is 0 Å². The van der Waals surface area contributed by atoms with Crippen LogP contribution in [0.2, 0.25) is 0 Å². The van der Waals surface area contributed by atoms with Crippen molar-refractivity contribution in [2.45, 2.75) is 38.0 Å². The number of nitrogens with two attached hydrogens (primary N) is 2. The number of anilines is 1. The van der Waals surface area contributed by atoms with Crippen molar-refractivity contribution in [2.24, 2.45) is 16.5 Å². The topological polar surface area (TPSA) is 97.6 Å². The molecule has 2 aromatic rings. The number of hydrogen-bond acceptors (Lipinski definition) is 3. The van der Waals surface area contributed by atoms with Crippen LogP contribution in [0.3, 0.4) is 0 Å². The molecule has 2 heterocycles. The van der Waals surface area contributed by atoms with Crippen LogP contribution in [0.25, 0.3) is 0 Å². The SMILES string of the molecule is NC(N)=NC(=O)CCCc1ccnc(N2CCC(c3ccc(F)cc3)CC2)c1F. The number of nitrogens with zero attached hydrogens (tertiary/aromatic N) is 3. The zero-order valence-electron chi connectivity index (χ0n) is 16.2. The first-order chi connectivity index (χ1) is 13.9. The van der Waals surface area contributed by atoms with Crippen molar-refractivity contribution < 1.29 is 13.6 Å². The lowest BCUT2D eigenvalue weighted by Crippen LogP contribution is -2.34. The quantitative estimate of drug-likeness (QED) is 0.573. The summed E-state index contributed by atoms with van der Waals surface area (Å²) in [6.07, 6.45) is 4.30. The molecule has 0 aliphatic carbocycles. The number of aromatic nitrogens is 1. The van der Waals surface area contributed by atoms with Crippen LogP contribution in [0.15, 0.2) is 41.5 Å². The number of carbonyl (C=O) groups excluding carboxylic acids is 1. The van der Waals surface area contributed by atoms with E-state index in [1.807, 2.05) is 17.0 Å². The van der Waals surface area contributed by atoms with Crippen LogP contribution in [0.1, 0.15) is 42.7 Å². The van der Waals surface area contributed by atoms with Crippen molar-refractivity contribution in [3.8, 4) is 0 Å². The molecular weight excluding hydrogens is 376 g/mol. The normalized spacial score (nSPS) is 14.6. The van der Waals surface area contributed by atoms with E-state index in [-0.39, 0.29) is 24.0 Å². The Morgan fingerprint density at radius 1 is 1.14 bits per heavy atom. The number of benzene rings is 1. The van der Waals surface area contributed by atoms with Crippen molar-refractivity contribution in [3.05, 3.63) is 59.3 Å². The largest absolute Gasteiger partial charge is 0.370 e. The van der Waals surface area contributed by atoms with E-state index >= 15 is 0 Å². The highest BCUT2D eigenvalue weighted by atomic mass is 19.1. The number of halogens is 2. The second-order valence-corrected chi connectivity index (χ2v) is 7.20. The summed E-state index contributed by atoms with van der Waals surface area (Å²) in [7, 11) is 0. The van der Waals surface area contributed by atoms with Gasteiger partial charge in [0, 0.05) is 25.7 Å². The Labute approximate surface area is 168 Å². The minimum atomic E-state index is -0.414. The van der Waals surface area contributed by atoms with E-state index in [1.54, 1.807) is 12.3 Å². The molecule has 29 heavy (non-hydrogen) atoms. The first kappa shape index (κ1) is 20.7.